The number of anilines is 1. The Morgan fingerprint density at radius 2 is 1.74 bits per heavy atom. The third-order valence-electron chi connectivity index (χ3n) is 5.17. The Labute approximate surface area is 182 Å². The van der Waals surface area contributed by atoms with E-state index in [9.17, 15) is 9.59 Å². The predicted molar refractivity (Wildman–Crippen MR) is 122 cm³/mol. The van der Waals surface area contributed by atoms with E-state index in [4.69, 9.17) is 10.8 Å². The Morgan fingerprint density at radius 3 is 2.42 bits per heavy atom. The standard InChI is InChI=1S/C25H27N3O3/c1-17(14-21(26)25(30)31)15-23(29)20-8-5-9-22(24(20)19-6-3-2-4-7-19)28-16-18-10-12-27-13-11-18/h2-13,17,21,28H,14-16,26H2,1H3,(H,30,31)/t17?,21-/m0/s1. The number of Topliss-reactive ketones (excluding diaryl/α,β-unsaturated/α-hetero) is 1. The van der Waals surface area contributed by atoms with Gasteiger partial charge >= 0.3 is 5.97 Å². The molecule has 4 N–H and O–H groups in total. The maximum Gasteiger partial charge on any atom is 0.320 e. The lowest BCUT2D eigenvalue weighted by Gasteiger charge is -2.18. The van der Waals surface area contributed by atoms with Crippen molar-refractivity contribution in [2.45, 2.75) is 32.4 Å². The molecule has 1 heterocycles. The van der Waals surface area contributed by atoms with E-state index < -0.39 is 12.0 Å². The van der Waals surface area contributed by atoms with E-state index in [1.165, 1.54) is 0 Å². The van der Waals surface area contributed by atoms with Gasteiger partial charge in [-0.15, -0.1) is 0 Å². The molecule has 0 saturated heterocycles. The maximum atomic E-state index is 13.2. The third kappa shape index (κ3) is 5.99. The summed E-state index contributed by atoms with van der Waals surface area (Å²) in [6, 6.07) is 18.3. The first-order valence-corrected chi connectivity index (χ1v) is 10.3. The maximum absolute atomic E-state index is 13.2. The molecule has 0 aliphatic carbocycles. The van der Waals surface area contributed by atoms with Crippen LogP contribution in [0.4, 0.5) is 5.69 Å². The number of carboxylic acids is 1. The largest absolute Gasteiger partial charge is 0.480 e. The molecule has 160 valence electrons. The summed E-state index contributed by atoms with van der Waals surface area (Å²) in [4.78, 5) is 28.3. The fourth-order valence-electron chi connectivity index (χ4n) is 3.59. The number of ketones is 1. The molecule has 0 saturated carbocycles. The van der Waals surface area contributed by atoms with Gasteiger partial charge in [-0.3, -0.25) is 14.6 Å². The normalized spacial score (nSPS) is 12.7. The minimum atomic E-state index is -1.05. The Bertz CT molecular complexity index is 1020. The second kappa shape index (κ2) is 10.5. The molecule has 1 aromatic heterocycles. The summed E-state index contributed by atoms with van der Waals surface area (Å²) < 4.78 is 0. The summed E-state index contributed by atoms with van der Waals surface area (Å²) >= 11 is 0. The fraction of sp³-hybridized carbons (Fsp3) is 0.240. The number of aliphatic carboxylic acids is 1. The first-order chi connectivity index (χ1) is 15.0. The molecular formula is C25H27N3O3. The van der Waals surface area contributed by atoms with Gasteiger partial charge in [0.15, 0.2) is 5.78 Å². The molecule has 3 aromatic rings. The van der Waals surface area contributed by atoms with Gasteiger partial charge in [-0.1, -0.05) is 49.4 Å². The van der Waals surface area contributed by atoms with Crippen LogP contribution in [0.1, 0.15) is 35.7 Å². The van der Waals surface area contributed by atoms with Crippen LogP contribution in [0.3, 0.4) is 0 Å². The van der Waals surface area contributed by atoms with Crippen molar-refractivity contribution in [1.29, 1.82) is 0 Å². The van der Waals surface area contributed by atoms with Crippen LogP contribution in [0.15, 0.2) is 73.1 Å². The van der Waals surface area contributed by atoms with Crippen molar-refractivity contribution in [3.8, 4) is 11.1 Å². The molecule has 2 aromatic carbocycles. The minimum Gasteiger partial charge on any atom is -0.480 e. The van der Waals surface area contributed by atoms with Gasteiger partial charge in [0.2, 0.25) is 0 Å². The van der Waals surface area contributed by atoms with Crippen molar-refractivity contribution < 1.29 is 14.7 Å². The quantitative estimate of drug-likeness (QED) is 0.423. The van der Waals surface area contributed by atoms with Crippen LogP contribution in [0, 0.1) is 5.92 Å². The Morgan fingerprint density at radius 1 is 1.03 bits per heavy atom. The van der Waals surface area contributed by atoms with Crippen LogP contribution >= 0.6 is 0 Å². The van der Waals surface area contributed by atoms with Crippen LogP contribution in [0.25, 0.3) is 11.1 Å². The lowest BCUT2D eigenvalue weighted by atomic mass is 9.89. The Hall–Kier alpha value is -3.51. The number of benzene rings is 2. The van der Waals surface area contributed by atoms with E-state index in [2.05, 4.69) is 10.3 Å². The van der Waals surface area contributed by atoms with E-state index in [0.29, 0.717) is 12.1 Å². The van der Waals surface area contributed by atoms with Gasteiger partial charge in [-0.2, -0.15) is 0 Å². The van der Waals surface area contributed by atoms with Gasteiger partial charge in [0.25, 0.3) is 0 Å². The van der Waals surface area contributed by atoms with Crippen molar-refractivity contribution in [1.82, 2.24) is 4.98 Å². The van der Waals surface area contributed by atoms with Crippen molar-refractivity contribution >= 4 is 17.4 Å². The number of aromatic nitrogens is 1. The number of hydrogen-bond acceptors (Lipinski definition) is 5. The topological polar surface area (TPSA) is 105 Å². The number of nitrogens with zero attached hydrogens (tertiary/aromatic N) is 1. The van der Waals surface area contributed by atoms with Crippen LogP contribution in [-0.2, 0) is 11.3 Å². The van der Waals surface area contributed by atoms with Crippen LogP contribution in [0.2, 0.25) is 0 Å². The van der Waals surface area contributed by atoms with Gasteiger partial charge < -0.3 is 16.2 Å². The molecule has 0 bridgehead atoms. The summed E-state index contributed by atoms with van der Waals surface area (Å²) in [5.74, 6) is -1.22. The van der Waals surface area contributed by atoms with Gasteiger partial charge in [-0.05, 0) is 41.7 Å². The second-order valence-corrected chi connectivity index (χ2v) is 7.72. The molecule has 0 amide bonds. The number of nitrogens with two attached hydrogens (primary N) is 1. The van der Waals surface area contributed by atoms with E-state index in [1.54, 1.807) is 12.4 Å². The zero-order valence-electron chi connectivity index (χ0n) is 17.5. The van der Waals surface area contributed by atoms with Crippen LogP contribution in [0.5, 0.6) is 0 Å². The van der Waals surface area contributed by atoms with Crippen LogP contribution in [-0.4, -0.2) is 27.9 Å². The minimum absolute atomic E-state index is 0.0310. The number of pyridine rings is 1. The van der Waals surface area contributed by atoms with Crippen molar-refractivity contribution in [2.24, 2.45) is 11.7 Å². The average Bonchev–Trinajstić information content (AvgIpc) is 2.78. The SMILES string of the molecule is CC(CC(=O)c1cccc(NCc2ccncc2)c1-c1ccccc1)C[C@H](N)C(=O)O. The number of carbonyl (C=O) groups excluding carboxylic acids is 1. The first-order valence-electron chi connectivity index (χ1n) is 10.3. The predicted octanol–water partition coefficient (Wildman–Crippen LogP) is 4.37. The molecule has 0 radical (unpaired) electrons. The molecule has 0 aliphatic rings. The van der Waals surface area contributed by atoms with Crippen molar-refractivity contribution in [2.75, 3.05) is 5.32 Å². The summed E-state index contributed by atoms with van der Waals surface area (Å²) in [5, 5.41) is 12.5. The number of carbonyl (C=O) groups is 2. The fourth-order valence-corrected chi connectivity index (χ4v) is 3.59. The highest BCUT2D eigenvalue weighted by atomic mass is 16.4. The number of hydrogen-bond donors (Lipinski definition) is 3. The molecule has 0 spiro atoms. The van der Waals surface area contributed by atoms with E-state index in [-0.39, 0.29) is 24.5 Å². The summed E-state index contributed by atoms with van der Waals surface area (Å²) in [5.41, 5.74) is 10.00. The van der Waals surface area contributed by atoms with Crippen molar-refractivity contribution in [3.05, 3.63) is 84.2 Å². The average molecular weight is 418 g/mol. The molecule has 0 fully saturated rings. The molecular weight excluding hydrogens is 390 g/mol. The summed E-state index contributed by atoms with van der Waals surface area (Å²) in [7, 11) is 0. The summed E-state index contributed by atoms with van der Waals surface area (Å²) in [6.07, 6.45) is 3.98. The second-order valence-electron chi connectivity index (χ2n) is 7.72. The Balaban J connectivity index is 1.88. The smallest absolute Gasteiger partial charge is 0.320 e. The van der Waals surface area contributed by atoms with Crippen molar-refractivity contribution in [3.63, 3.8) is 0 Å². The molecule has 31 heavy (non-hydrogen) atoms. The molecule has 6 heteroatoms. The van der Waals surface area contributed by atoms with Gasteiger partial charge in [0.1, 0.15) is 6.04 Å². The molecule has 0 aliphatic heterocycles. The first kappa shape index (κ1) is 22.2. The van der Waals surface area contributed by atoms with Gasteiger partial charge in [-0.25, -0.2) is 0 Å². The highest BCUT2D eigenvalue weighted by Gasteiger charge is 2.21. The number of rotatable bonds is 10. The highest BCUT2D eigenvalue weighted by molar-refractivity contribution is 6.05. The zero-order valence-corrected chi connectivity index (χ0v) is 17.5. The van der Waals surface area contributed by atoms with Crippen LogP contribution < -0.4 is 11.1 Å². The molecule has 3 rings (SSSR count). The number of nitrogens with one attached hydrogen (secondary N) is 1. The van der Waals surface area contributed by atoms with E-state index >= 15 is 0 Å². The monoisotopic (exact) mass is 417 g/mol. The molecule has 6 nitrogen and oxygen atoms in total. The number of carboxylic acid groups (broad SMARTS) is 1. The third-order valence-corrected chi connectivity index (χ3v) is 5.17. The van der Waals surface area contributed by atoms with E-state index in [1.807, 2.05) is 67.6 Å². The van der Waals surface area contributed by atoms with Gasteiger partial charge in [0.05, 0.1) is 0 Å². The highest BCUT2D eigenvalue weighted by Crippen LogP contribution is 2.33. The lowest BCUT2D eigenvalue weighted by molar-refractivity contribution is -0.138. The molecule has 2 atom stereocenters. The zero-order chi connectivity index (χ0) is 22.2. The molecule has 1 unspecified atom stereocenters. The van der Waals surface area contributed by atoms with Gasteiger partial charge in [0, 0.05) is 42.2 Å². The summed E-state index contributed by atoms with van der Waals surface area (Å²) in [6.45, 7) is 2.46. The Kier molecular flexibility index (Phi) is 7.51. The van der Waals surface area contributed by atoms with E-state index in [0.717, 1.165) is 22.4 Å². The lowest BCUT2D eigenvalue weighted by Crippen LogP contribution is -2.32.